The molecule has 0 aromatic heterocycles. The molecule has 1 aliphatic rings. The smallest absolute Gasteiger partial charge is 0.122 e. The third-order valence-electron chi connectivity index (χ3n) is 4.32. The fourth-order valence-electron chi connectivity index (χ4n) is 2.96. The Morgan fingerprint density at radius 1 is 1.09 bits per heavy atom. The molecule has 1 fully saturated rings. The van der Waals surface area contributed by atoms with E-state index in [-0.39, 0.29) is 6.61 Å². The van der Waals surface area contributed by atoms with Gasteiger partial charge < -0.3 is 14.9 Å². The largest absolute Gasteiger partial charge is 0.491 e. The van der Waals surface area contributed by atoms with Crippen molar-refractivity contribution in [2.45, 2.75) is 25.9 Å². The Labute approximate surface area is 139 Å². The standard InChI is InChI=1S/C18H30N2O3/c1-15(2)17-5-3-4-6-18(17)23-14-16(22)13-20-9-7-19(8-10-20)11-12-21/h3-6,15-16,21-22H,7-14H2,1-2H3. The maximum absolute atomic E-state index is 10.2. The zero-order chi connectivity index (χ0) is 16.7. The summed E-state index contributed by atoms with van der Waals surface area (Å²) in [7, 11) is 0. The van der Waals surface area contributed by atoms with Crippen LogP contribution >= 0.6 is 0 Å². The highest BCUT2D eigenvalue weighted by molar-refractivity contribution is 5.35. The average Bonchev–Trinajstić information content (AvgIpc) is 2.55. The van der Waals surface area contributed by atoms with E-state index in [9.17, 15) is 5.11 Å². The summed E-state index contributed by atoms with van der Waals surface area (Å²) in [6.07, 6.45) is -0.486. The molecule has 5 heteroatoms. The molecule has 0 radical (unpaired) electrons. The van der Waals surface area contributed by atoms with Crippen molar-refractivity contribution >= 4 is 0 Å². The lowest BCUT2D eigenvalue weighted by Crippen LogP contribution is -2.49. The van der Waals surface area contributed by atoms with Crippen molar-refractivity contribution in [1.82, 2.24) is 9.80 Å². The predicted molar refractivity (Wildman–Crippen MR) is 92.0 cm³/mol. The summed E-state index contributed by atoms with van der Waals surface area (Å²) in [4.78, 5) is 4.51. The molecule has 1 aliphatic heterocycles. The quantitative estimate of drug-likeness (QED) is 0.752. The van der Waals surface area contributed by atoms with Crippen LogP contribution in [0, 0.1) is 0 Å². The first-order chi connectivity index (χ1) is 11.1. The van der Waals surface area contributed by atoms with Crippen LogP contribution in [0.15, 0.2) is 24.3 Å². The molecule has 0 aliphatic carbocycles. The second kappa shape index (κ2) is 9.23. The van der Waals surface area contributed by atoms with Gasteiger partial charge in [0.2, 0.25) is 0 Å². The Morgan fingerprint density at radius 2 is 1.74 bits per heavy atom. The Morgan fingerprint density at radius 3 is 2.39 bits per heavy atom. The van der Waals surface area contributed by atoms with E-state index in [1.807, 2.05) is 18.2 Å². The molecule has 0 amide bonds. The normalized spacial score (nSPS) is 18.3. The van der Waals surface area contributed by atoms with Gasteiger partial charge in [-0.25, -0.2) is 0 Å². The minimum Gasteiger partial charge on any atom is -0.491 e. The van der Waals surface area contributed by atoms with Gasteiger partial charge in [-0.05, 0) is 17.5 Å². The van der Waals surface area contributed by atoms with Gasteiger partial charge in [0.1, 0.15) is 18.5 Å². The van der Waals surface area contributed by atoms with Crippen molar-refractivity contribution in [3.63, 3.8) is 0 Å². The number of hydrogen-bond donors (Lipinski definition) is 2. The highest BCUT2D eigenvalue weighted by Crippen LogP contribution is 2.25. The van der Waals surface area contributed by atoms with Gasteiger partial charge in [-0.1, -0.05) is 32.0 Å². The fourth-order valence-corrected chi connectivity index (χ4v) is 2.96. The summed E-state index contributed by atoms with van der Waals surface area (Å²) in [6.45, 7) is 9.96. The lowest BCUT2D eigenvalue weighted by molar-refractivity contribution is 0.0426. The first kappa shape index (κ1) is 18.2. The van der Waals surface area contributed by atoms with E-state index in [4.69, 9.17) is 9.84 Å². The number of β-amino-alcohol motifs (C(OH)–C–C–N with tert-alkyl or cyclic N) is 2. The number of para-hydroxylation sites is 1. The second-order valence-corrected chi connectivity index (χ2v) is 6.52. The van der Waals surface area contributed by atoms with E-state index < -0.39 is 6.10 Å². The maximum atomic E-state index is 10.2. The molecule has 1 atom stereocenters. The van der Waals surface area contributed by atoms with Crippen LogP contribution in [0.5, 0.6) is 5.75 Å². The van der Waals surface area contributed by atoms with E-state index in [1.54, 1.807) is 0 Å². The van der Waals surface area contributed by atoms with Gasteiger partial charge in [-0.15, -0.1) is 0 Å². The summed E-state index contributed by atoms with van der Waals surface area (Å²) in [5, 5.41) is 19.2. The Hall–Kier alpha value is -1.14. The van der Waals surface area contributed by atoms with Gasteiger partial charge in [-0.2, -0.15) is 0 Å². The first-order valence-electron chi connectivity index (χ1n) is 8.55. The van der Waals surface area contributed by atoms with E-state index in [2.05, 4.69) is 29.7 Å². The molecule has 23 heavy (non-hydrogen) atoms. The van der Waals surface area contributed by atoms with Crippen LogP contribution in [0.1, 0.15) is 25.3 Å². The molecule has 2 N–H and O–H groups in total. The SMILES string of the molecule is CC(C)c1ccccc1OCC(O)CN1CCN(CCO)CC1. The number of nitrogens with zero attached hydrogens (tertiary/aromatic N) is 2. The van der Waals surface area contributed by atoms with Gasteiger partial charge in [0, 0.05) is 39.3 Å². The van der Waals surface area contributed by atoms with Crippen LogP contribution in [-0.4, -0.2) is 78.6 Å². The zero-order valence-corrected chi connectivity index (χ0v) is 14.3. The van der Waals surface area contributed by atoms with Crippen molar-refractivity contribution in [2.24, 2.45) is 0 Å². The van der Waals surface area contributed by atoms with Crippen molar-refractivity contribution in [2.75, 3.05) is 52.5 Å². The zero-order valence-electron chi connectivity index (χ0n) is 14.3. The van der Waals surface area contributed by atoms with Crippen LogP contribution in [0.2, 0.25) is 0 Å². The molecule has 0 spiro atoms. The van der Waals surface area contributed by atoms with E-state index in [1.165, 1.54) is 5.56 Å². The van der Waals surface area contributed by atoms with Crippen LogP contribution in [0.25, 0.3) is 0 Å². The van der Waals surface area contributed by atoms with E-state index in [0.717, 1.165) is 38.5 Å². The van der Waals surface area contributed by atoms with Gasteiger partial charge in [0.15, 0.2) is 0 Å². The lowest BCUT2D eigenvalue weighted by atomic mass is 10.0. The number of piperazine rings is 1. The number of aliphatic hydroxyl groups is 2. The third kappa shape index (κ3) is 5.77. The molecule has 1 unspecified atom stereocenters. The van der Waals surface area contributed by atoms with Crippen LogP contribution < -0.4 is 4.74 Å². The van der Waals surface area contributed by atoms with E-state index in [0.29, 0.717) is 19.1 Å². The van der Waals surface area contributed by atoms with Crippen LogP contribution in [0.3, 0.4) is 0 Å². The molecule has 1 aromatic carbocycles. The van der Waals surface area contributed by atoms with Crippen LogP contribution in [-0.2, 0) is 0 Å². The molecule has 1 heterocycles. The van der Waals surface area contributed by atoms with Crippen molar-refractivity contribution < 1.29 is 14.9 Å². The summed E-state index contributed by atoms with van der Waals surface area (Å²) in [5.41, 5.74) is 1.18. The summed E-state index contributed by atoms with van der Waals surface area (Å²) in [5.74, 6) is 1.28. The Balaban J connectivity index is 1.75. The molecule has 1 saturated heterocycles. The molecule has 5 nitrogen and oxygen atoms in total. The van der Waals surface area contributed by atoms with Gasteiger partial charge in [-0.3, -0.25) is 9.80 Å². The maximum Gasteiger partial charge on any atom is 0.122 e. The first-order valence-corrected chi connectivity index (χ1v) is 8.55. The lowest BCUT2D eigenvalue weighted by Gasteiger charge is -2.35. The predicted octanol–water partition coefficient (Wildman–Crippen LogP) is 1.16. The highest BCUT2D eigenvalue weighted by atomic mass is 16.5. The fraction of sp³-hybridized carbons (Fsp3) is 0.667. The number of rotatable bonds is 8. The van der Waals surface area contributed by atoms with Gasteiger partial charge >= 0.3 is 0 Å². The summed E-state index contributed by atoms with van der Waals surface area (Å²) in [6, 6.07) is 8.03. The van der Waals surface area contributed by atoms with E-state index >= 15 is 0 Å². The monoisotopic (exact) mass is 322 g/mol. The van der Waals surface area contributed by atoms with Gasteiger partial charge in [0.25, 0.3) is 0 Å². The molecule has 1 aromatic rings. The molecular weight excluding hydrogens is 292 g/mol. The molecule has 0 saturated carbocycles. The minimum absolute atomic E-state index is 0.214. The summed E-state index contributed by atoms with van der Waals surface area (Å²) < 4.78 is 5.84. The number of ether oxygens (including phenoxy) is 1. The minimum atomic E-state index is -0.486. The second-order valence-electron chi connectivity index (χ2n) is 6.52. The average molecular weight is 322 g/mol. The highest BCUT2D eigenvalue weighted by Gasteiger charge is 2.19. The topological polar surface area (TPSA) is 56.2 Å². The van der Waals surface area contributed by atoms with Crippen molar-refractivity contribution in [3.8, 4) is 5.75 Å². The third-order valence-corrected chi connectivity index (χ3v) is 4.32. The molecule has 2 rings (SSSR count). The number of aliphatic hydroxyl groups excluding tert-OH is 2. The Kier molecular flexibility index (Phi) is 7.30. The summed E-state index contributed by atoms with van der Waals surface area (Å²) >= 11 is 0. The van der Waals surface area contributed by atoms with Crippen molar-refractivity contribution in [3.05, 3.63) is 29.8 Å². The number of benzene rings is 1. The molecular formula is C18H30N2O3. The van der Waals surface area contributed by atoms with Gasteiger partial charge in [0.05, 0.1) is 6.61 Å². The molecule has 130 valence electrons. The molecule has 0 bridgehead atoms. The van der Waals surface area contributed by atoms with Crippen LogP contribution in [0.4, 0.5) is 0 Å². The Bertz CT molecular complexity index is 459. The number of hydrogen-bond acceptors (Lipinski definition) is 5. The van der Waals surface area contributed by atoms with Crippen molar-refractivity contribution in [1.29, 1.82) is 0 Å².